The molecule has 1 fully saturated rings. The zero-order valence-electron chi connectivity index (χ0n) is 19.9. The molecule has 1 aliphatic heterocycles. The van der Waals surface area contributed by atoms with Crippen LogP contribution in [0.1, 0.15) is 54.2 Å². The first-order valence-electron chi connectivity index (χ1n) is 11.7. The number of rotatable bonds is 6. The van der Waals surface area contributed by atoms with Crippen molar-refractivity contribution in [3.63, 3.8) is 0 Å². The molecule has 0 aromatic heterocycles. The number of carbonyl (C=O) groups is 3. The van der Waals surface area contributed by atoms with Crippen molar-refractivity contribution >= 4 is 17.7 Å². The number of benzene rings is 2. The Morgan fingerprint density at radius 1 is 1.06 bits per heavy atom. The summed E-state index contributed by atoms with van der Waals surface area (Å²) in [5, 5.41) is 5.76. The molecular weight excluding hydrogens is 414 g/mol. The normalized spacial score (nSPS) is 21.0. The molecule has 0 spiro atoms. The van der Waals surface area contributed by atoms with Crippen molar-refractivity contribution in [3.8, 4) is 0 Å². The summed E-state index contributed by atoms with van der Waals surface area (Å²) in [6.45, 7) is 6.30. The van der Waals surface area contributed by atoms with Gasteiger partial charge in [-0.15, -0.1) is 0 Å². The first kappa shape index (κ1) is 23.0. The molecule has 2 N–H and O–H groups in total. The third-order valence-electron chi connectivity index (χ3n) is 7.44. The van der Waals surface area contributed by atoms with Crippen molar-refractivity contribution in [2.75, 3.05) is 7.05 Å². The monoisotopic (exact) mass is 447 g/mol. The van der Waals surface area contributed by atoms with Crippen LogP contribution in [0.2, 0.25) is 0 Å². The average Bonchev–Trinajstić information content (AvgIpc) is 3.25. The third kappa shape index (κ3) is 4.26. The van der Waals surface area contributed by atoms with Gasteiger partial charge in [0.2, 0.25) is 11.8 Å². The van der Waals surface area contributed by atoms with Gasteiger partial charge in [-0.25, -0.2) is 0 Å². The summed E-state index contributed by atoms with van der Waals surface area (Å²) >= 11 is 0. The van der Waals surface area contributed by atoms with Crippen LogP contribution in [-0.4, -0.2) is 41.8 Å². The molecule has 0 radical (unpaired) electrons. The summed E-state index contributed by atoms with van der Waals surface area (Å²) in [5.74, 6) is -0.347. The van der Waals surface area contributed by atoms with Gasteiger partial charge >= 0.3 is 0 Å². The van der Waals surface area contributed by atoms with Crippen molar-refractivity contribution in [1.82, 2.24) is 15.5 Å². The van der Waals surface area contributed by atoms with Gasteiger partial charge in [0.15, 0.2) is 0 Å². The topological polar surface area (TPSA) is 78.5 Å². The molecule has 174 valence electrons. The highest BCUT2D eigenvalue weighted by atomic mass is 16.2. The maximum Gasteiger partial charge on any atom is 0.251 e. The van der Waals surface area contributed by atoms with Gasteiger partial charge in [-0.3, -0.25) is 14.4 Å². The highest BCUT2D eigenvalue weighted by molar-refractivity contribution is 5.98. The first-order chi connectivity index (χ1) is 15.8. The summed E-state index contributed by atoms with van der Waals surface area (Å²) in [6.07, 6.45) is 2.29. The molecule has 0 saturated carbocycles. The molecule has 6 nitrogen and oxygen atoms in total. The van der Waals surface area contributed by atoms with Crippen LogP contribution >= 0.6 is 0 Å². The molecule has 1 saturated heterocycles. The molecule has 3 amide bonds. The van der Waals surface area contributed by atoms with E-state index >= 15 is 0 Å². The smallest absolute Gasteiger partial charge is 0.251 e. The maximum absolute atomic E-state index is 13.9. The second-order valence-electron chi connectivity index (χ2n) is 9.87. The fraction of sp³-hybridized carbons (Fsp3) is 0.444. The van der Waals surface area contributed by atoms with Crippen LogP contribution in [0.5, 0.6) is 0 Å². The number of nitrogens with one attached hydrogen (secondary N) is 2. The third-order valence-corrected chi connectivity index (χ3v) is 7.44. The lowest BCUT2D eigenvalue weighted by Gasteiger charge is -2.47. The van der Waals surface area contributed by atoms with Crippen molar-refractivity contribution in [1.29, 1.82) is 0 Å². The van der Waals surface area contributed by atoms with E-state index in [0.29, 0.717) is 5.56 Å². The van der Waals surface area contributed by atoms with Crippen LogP contribution in [0.25, 0.3) is 0 Å². The number of fused-ring (bicyclic) bond motifs is 1. The number of piperazine rings is 1. The highest BCUT2D eigenvalue weighted by Crippen LogP contribution is 2.36. The zero-order chi connectivity index (χ0) is 23.8. The van der Waals surface area contributed by atoms with Gasteiger partial charge in [0.05, 0.1) is 0 Å². The average molecular weight is 448 g/mol. The maximum atomic E-state index is 13.9. The molecule has 2 aromatic carbocycles. The quantitative estimate of drug-likeness (QED) is 0.714. The fourth-order valence-corrected chi connectivity index (χ4v) is 5.23. The molecule has 33 heavy (non-hydrogen) atoms. The lowest BCUT2D eigenvalue weighted by Crippen LogP contribution is -2.68. The van der Waals surface area contributed by atoms with E-state index in [2.05, 4.69) is 22.8 Å². The predicted octanol–water partition coefficient (Wildman–Crippen LogP) is 3.09. The molecule has 0 unspecified atom stereocenters. The van der Waals surface area contributed by atoms with Crippen LogP contribution in [0.15, 0.2) is 48.5 Å². The van der Waals surface area contributed by atoms with E-state index in [9.17, 15) is 14.4 Å². The SMILES string of the molecule is CCC(C)(C)[C@@H]1C(=O)N[C@H](C2Cc3ccccc3C2)C(=O)N1Cc1ccccc1C(=O)NC. The van der Waals surface area contributed by atoms with Gasteiger partial charge in [-0.2, -0.15) is 0 Å². The Morgan fingerprint density at radius 2 is 1.67 bits per heavy atom. The van der Waals surface area contributed by atoms with Crippen molar-refractivity contribution in [2.24, 2.45) is 11.3 Å². The standard InChI is InChI=1S/C27H33N3O3/c1-5-27(2,3)23-25(32)29-22(20-14-17-10-6-7-11-18(17)15-20)26(33)30(23)16-19-12-8-9-13-21(19)24(31)28-4/h6-13,20,22-23H,5,14-16H2,1-4H3,(H,28,31)(H,29,32)/t22-,23+/m1/s1. The lowest BCUT2D eigenvalue weighted by atomic mass is 9.77. The minimum Gasteiger partial charge on any atom is -0.355 e. The van der Waals surface area contributed by atoms with Crippen LogP contribution in [0.3, 0.4) is 0 Å². The van der Waals surface area contributed by atoms with Crippen molar-refractivity contribution < 1.29 is 14.4 Å². The first-order valence-corrected chi connectivity index (χ1v) is 11.7. The van der Waals surface area contributed by atoms with E-state index in [-0.39, 0.29) is 30.2 Å². The molecule has 4 rings (SSSR count). The Morgan fingerprint density at radius 3 is 2.27 bits per heavy atom. The summed E-state index contributed by atoms with van der Waals surface area (Å²) < 4.78 is 0. The highest BCUT2D eigenvalue weighted by Gasteiger charge is 2.49. The Balaban J connectivity index is 1.69. The van der Waals surface area contributed by atoms with Crippen LogP contribution < -0.4 is 10.6 Å². The summed E-state index contributed by atoms with van der Waals surface area (Å²) in [6, 6.07) is 14.4. The largest absolute Gasteiger partial charge is 0.355 e. The van der Waals surface area contributed by atoms with Gasteiger partial charge < -0.3 is 15.5 Å². The minimum absolute atomic E-state index is 0.0289. The van der Waals surface area contributed by atoms with E-state index in [1.165, 1.54) is 11.1 Å². The van der Waals surface area contributed by atoms with E-state index in [1.807, 2.05) is 51.1 Å². The second kappa shape index (κ2) is 9.00. The lowest BCUT2D eigenvalue weighted by molar-refractivity contribution is -0.156. The number of hydrogen-bond donors (Lipinski definition) is 2. The van der Waals surface area contributed by atoms with E-state index < -0.39 is 17.5 Å². The van der Waals surface area contributed by atoms with Gasteiger partial charge in [0, 0.05) is 19.2 Å². The predicted molar refractivity (Wildman–Crippen MR) is 128 cm³/mol. The minimum atomic E-state index is -0.604. The van der Waals surface area contributed by atoms with Gasteiger partial charge in [0.1, 0.15) is 12.1 Å². The summed E-state index contributed by atoms with van der Waals surface area (Å²) in [4.78, 5) is 41.6. The molecule has 6 heteroatoms. The molecule has 0 bridgehead atoms. The Labute approximate surface area is 195 Å². The zero-order valence-corrected chi connectivity index (χ0v) is 19.9. The van der Waals surface area contributed by atoms with Crippen molar-refractivity contribution in [2.45, 2.75) is 58.7 Å². The van der Waals surface area contributed by atoms with E-state index in [0.717, 1.165) is 24.8 Å². The Kier molecular flexibility index (Phi) is 6.28. The molecule has 2 aliphatic rings. The second-order valence-corrected chi connectivity index (χ2v) is 9.87. The molecule has 1 aliphatic carbocycles. The van der Waals surface area contributed by atoms with E-state index in [1.54, 1.807) is 18.0 Å². The molecule has 2 aromatic rings. The van der Waals surface area contributed by atoms with Crippen LogP contribution in [0.4, 0.5) is 0 Å². The van der Waals surface area contributed by atoms with Gasteiger partial charge in [-0.1, -0.05) is 63.2 Å². The molecule has 1 heterocycles. The fourth-order valence-electron chi connectivity index (χ4n) is 5.23. The molecule has 2 atom stereocenters. The summed E-state index contributed by atoms with van der Waals surface area (Å²) in [5.41, 5.74) is 3.35. The van der Waals surface area contributed by atoms with Gasteiger partial charge in [-0.05, 0) is 53.4 Å². The van der Waals surface area contributed by atoms with Crippen LogP contribution in [0, 0.1) is 11.3 Å². The number of carbonyl (C=O) groups excluding carboxylic acids is 3. The van der Waals surface area contributed by atoms with Crippen molar-refractivity contribution in [3.05, 3.63) is 70.8 Å². The number of amides is 3. The number of nitrogens with zero attached hydrogens (tertiary/aromatic N) is 1. The summed E-state index contributed by atoms with van der Waals surface area (Å²) in [7, 11) is 1.59. The Bertz CT molecular complexity index is 1050. The van der Waals surface area contributed by atoms with Crippen LogP contribution in [-0.2, 0) is 29.0 Å². The van der Waals surface area contributed by atoms with E-state index in [4.69, 9.17) is 0 Å². The molecular formula is C27H33N3O3. The number of hydrogen-bond acceptors (Lipinski definition) is 3. The Hall–Kier alpha value is -3.15. The van der Waals surface area contributed by atoms with Gasteiger partial charge in [0.25, 0.3) is 5.91 Å².